The number of rotatable bonds is 4. The van der Waals surface area contributed by atoms with Gasteiger partial charge < -0.3 is 4.90 Å². The molecule has 0 N–H and O–H groups in total. The highest BCUT2D eigenvalue weighted by atomic mass is 32.2. The Kier molecular flexibility index (Phi) is 5.47. The van der Waals surface area contributed by atoms with Gasteiger partial charge in [0, 0.05) is 32.1 Å². The Labute approximate surface area is 139 Å². The molecule has 0 bridgehead atoms. The number of carbonyl (C=O) groups is 1. The molecular weight excluding hydrogens is 312 g/mol. The monoisotopic (exact) mass is 338 g/mol. The van der Waals surface area contributed by atoms with Crippen LogP contribution in [0, 0.1) is 19.8 Å². The first-order chi connectivity index (χ1) is 10.8. The number of aryl methyl sites for hydroxylation is 2. The zero-order valence-electron chi connectivity index (χ0n) is 14.4. The highest BCUT2D eigenvalue weighted by Crippen LogP contribution is 2.23. The highest BCUT2D eigenvalue weighted by molar-refractivity contribution is 7.89. The van der Waals surface area contributed by atoms with Crippen LogP contribution in [0.5, 0.6) is 0 Å². The predicted octanol–water partition coefficient (Wildman–Crippen LogP) is 2.18. The standard InChI is InChI=1S/C17H26N2O3S/c1-5-14(3)17(20)18-8-10-19(11-9-18)23(21,22)16-12-13(2)6-7-15(16)4/h6-7,12,14H,5,8-11H2,1-4H3. The Bertz CT molecular complexity index is 677. The van der Waals surface area contributed by atoms with Crippen molar-refractivity contribution in [2.24, 2.45) is 5.92 Å². The lowest BCUT2D eigenvalue weighted by Crippen LogP contribution is -2.51. The molecule has 0 spiro atoms. The fraction of sp³-hybridized carbons (Fsp3) is 0.588. The number of hydrogen-bond donors (Lipinski definition) is 0. The number of hydrogen-bond acceptors (Lipinski definition) is 3. The van der Waals surface area contributed by atoms with Gasteiger partial charge in [0.05, 0.1) is 4.90 Å². The van der Waals surface area contributed by atoms with E-state index in [2.05, 4.69) is 0 Å². The van der Waals surface area contributed by atoms with E-state index in [0.29, 0.717) is 31.1 Å². The van der Waals surface area contributed by atoms with Crippen LogP contribution in [0.25, 0.3) is 0 Å². The van der Waals surface area contributed by atoms with Crippen molar-refractivity contribution in [2.75, 3.05) is 26.2 Å². The molecule has 0 aromatic heterocycles. The van der Waals surface area contributed by atoms with Crippen molar-refractivity contribution in [3.05, 3.63) is 29.3 Å². The minimum Gasteiger partial charge on any atom is -0.340 e. The summed E-state index contributed by atoms with van der Waals surface area (Å²) in [6, 6.07) is 5.48. The average Bonchev–Trinajstić information content (AvgIpc) is 2.55. The van der Waals surface area contributed by atoms with Gasteiger partial charge in [-0.15, -0.1) is 0 Å². The van der Waals surface area contributed by atoms with E-state index in [1.165, 1.54) is 4.31 Å². The average molecular weight is 338 g/mol. The van der Waals surface area contributed by atoms with Crippen LogP contribution in [0.3, 0.4) is 0 Å². The SMILES string of the molecule is CCC(C)C(=O)N1CCN(S(=O)(=O)c2cc(C)ccc2C)CC1. The number of sulfonamides is 1. The van der Waals surface area contributed by atoms with Crippen molar-refractivity contribution in [1.82, 2.24) is 9.21 Å². The van der Waals surface area contributed by atoms with Crippen molar-refractivity contribution >= 4 is 15.9 Å². The molecular formula is C17H26N2O3S. The summed E-state index contributed by atoms with van der Waals surface area (Å²) in [6.07, 6.45) is 0.805. The van der Waals surface area contributed by atoms with E-state index < -0.39 is 10.0 Å². The van der Waals surface area contributed by atoms with Crippen molar-refractivity contribution in [3.8, 4) is 0 Å². The molecule has 1 saturated heterocycles. The number of carbonyl (C=O) groups excluding carboxylic acids is 1. The number of amides is 1. The largest absolute Gasteiger partial charge is 0.340 e. The topological polar surface area (TPSA) is 57.7 Å². The molecule has 1 aliphatic heterocycles. The molecule has 6 heteroatoms. The number of nitrogens with zero attached hydrogens (tertiary/aromatic N) is 2. The summed E-state index contributed by atoms with van der Waals surface area (Å²) in [5.41, 5.74) is 1.69. The molecule has 1 unspecified atom stereocenters. The second kappa shape index (κ2) is 7.01. The van der Waals surface area contributed by atoms with Gasteiger partial charge in [-0.25, -0.2) is 8.42 Å². The minimum atomic E-state index is -3.49. The van der Waals surface area contributed by atoms with Crippen molar-refractivity contribution < 1.29 is 13.2 Å². The van der Waals surface area contributed by atoms with E-state index in [-0.39, 0.29) is 11.8 Å². The Morgan fingerprint density at radius 2 is 1.78 bits per heavy atom. The van der Waals surface area contributed by atoms with Gasteiger partial charge in [-0.3, -0.25) is 4.79 Å². The molecule has 5 nitrogen and oxygen atoms in total. The van der Waals surface area contributed by atoms with Crippen LogP contribution < -0.4 is 0 Å². The van der Waals surface area contributed by atoms with Crippen molar-refractivity contribution in [2.45, 2.75) is 39.0 Å². The molecule has 1 atom stereocenters. The Morgan fingerprint density at radius 3 is 2.35 bits per heavy atom. The first-order valence-corrected chi connectivity index (χ1v) is 9.57. The fourth-order valence-electron chi connectivity index (χ4n) is 2.76. The van der Waals surface area contributed by atoms with E-state index in [9.17, 15) is 13.2 Å². The molecule has 1 aliphatic rings. The quantitative estimate of drug-likeness (QED) is 0.845. The van der Waals surface area contributed by atoms with Gasteiger partial charge in [-0.1, -0.05) is 26.0 Å². The summed E-state index contributed by atoms with van der Waals surface area (Å²) < 4.78 is 27.2. The lowest BCUT2D eigenvalue weighted by molar-refractivity contribution is -0.136. The molecule has 0 radical (unpaired) electrons. The van der Waals surface area contributed by atoms with Crippen LogP contribution in [-0.4, -0.2) is 49.7 Å². The number of benzene rings is 1. The Hall–Kier alpha value is -1.40. The molecule has 0 aliphatic carbocycles. The zero-order valence-corrected chi connectivity index (χ0v) is 15.2. The first-order valence-electron chi connectivity index (χ1n) is 8.13. The summed E-state index contributed by atoms with van der Waals surface area (Å²) in [7, 11) is -3.49. The van der Waals surface area contributed by atoms with Crippen LogP contribution in [0.1, 0.15) is 31.4 Å². The fourth-order valence-corrected chi connectivity index (χ4v) is 4.49. The summed E-state index contributed by atoms with van der Waals surface area (Å²) >= 11 is 0. The smallest absolute Gasteiger partial charge is 0.243 e. The maximum Gasteiger partial charge on any atom is 0.243 e. The van der Waals surface area contributed by atoms with Gasteiger partial charge in [0.15, 0.2) is 0 Å². The van der Waals surface area contributed by atoms with E-state index in [1.807, 2.05) is 39.8 Å². The highest BCUT2D eigenvalue weighted by Gasteiger charge is 2.31. The second-order valence-electron chi connectivity index (χ2n) is 6.31. The van der Waals surface area contributed by atoms with Gasteiger partial charge in [0.25, 0.3) is 0 Å². The van der Waals surface area contributed by atoms with Gasteiger partial charge in [0.2, 0.25) is 15.9 Å². The van der Waals surface area contributed by atoms with E-state index in [0.717, 1.165) is 17.5 Å². The van der Waals surface area contributed by atoms with Crippen LogP contribution in [-0.2, 0) is 14.8 Å². The van der Waals surface area contributed by atoms with Gasteiger partial charge in [-0.05, 0) is 37.5 Å². The molecule has 1 aromatic carbocycles. The molecule has 1 aromatic rings. The van der Waals surface area contributed by atoms with Gasteiger partial charge >= 0.3 is 0 Å². The minimum absolute atomic E-state index is 0.00262. The Balaban J connectivity index is 2.13. The number of piperazine rings is 1. The third-order valence-electron chi connectivity index (χ3n) is 4.55. The van der Waals surface area contributed by atoms with Crippen molar-refractivity contribution in [1.29, 1.82) is 0 Å². The molecule has 0 saturated carbocycles. The molecule has 1 fully saturated rings. The summed E-state index contributed by atoms with van der Waals surface area (Å²) in [5, 5.41) is 0. The lowest BCUT2D eigenvalue weighted by atomic mass is 10.1. The van der Waals surface area contributed by atoms with Crippen LogP contribution in [0.2, 0.25) is 0 Å². The van der Waals surface area contributed by atoms with Crippen LogP contribution in [0.4, 0.5) is 0 Å². The third-order valence-corrected chi connectivity index (χ3v) is 6.59. The van der Waals surface area contributed by atoms with E-state index in [4.69, 9.17) is 0 Å². The predicted molar refractivity (Wildman–Crippen MR) is 90.7 cm³/mol. The summed E-state index contributed by atoms with van der Waals surface area (Å²) in [6.45, 7) is 9.26. The van der Waals surface area contributed by atoms with Crippen molar-refractivity contribution in [3.63, 3.8) is 0 Å². The maximum absolute atomic E-state index is 12.8. The molecule has 2 rings (SSSR count). The van der Waals surface area contributed by atoms with Gasteiger partial charge in [-0.2, -0.15) is 4.31 Å². The molecule has 23 heavy (non-hydrogen) atoms. The van der Waals surface area contributed by atoms with Crippen LogP contribution in [0.15, 0.2) is 23.1 Å². The molecule has 1 amide bonds. The summed E-state index contributed by atoms with van der Waals surface area (Å²) in [4.78, 5) is 14.4. The first kappa shape index (κ1) is 17.9. The second-order valence-corrected chi connectivity index (χ2v) is 8.21. The Morgan fingerprint density at radius 1 is 1.17 bits per heavy atom. The van der Waals surface area contributed by atoms with E-state index >= 15 is 0 Å². The molecule has 128 valence electrons. The van der Waals surface area contributed by atoms with Gasteiger partial charge in [0.1, 0.15) is 0 Å². The zero-order chi connectivity index (χ0) is 17.2. The maximum atomic E-state index is 12.8. The normalized spacial score (nSPS) is 18.0. The van der Waals surface area contributed by atoms with E-state index in [1.54, 1.807) is 11.0 Å². The van der Waals surface area contributed by atoms with Crippen LogP contribution >= 0.6 is 0 Å². The third kappa shape index (κ3) is 3.75. The molecule has 1 heterocycles. The summed E-state index contributed by atoms with van der Waals surface area (Å²) in [5.74, 6) is 0.119. The lowest BCUT2D eigenvalue weighted by Gasteiger charge is -2.35.